The number of aliphatic hydroxyl groups excluding tert-OH is 1. The number of aromatic nitrogens is 2. The molecular weight excluding hydrogens is 378 g/mol. The van der Waals surface area contributed by atoms with Crippen LogP contribution in [0.1, 0.15) is 12.5 Å². The third-order valence-electron chi connectivity index (χ3n) is 4.76. The molecule has 144 valence electrons. The van der Waals surface area contributed by atoms with E-state index in [0.29, 0.717) is 23.7 Å². The molecule has 2 aromatic carbocycles. The first kappa shape index (κ1) is 18.5. The second-order valence-electron chi connectivity index (χ2n) is 6.60. The quantitative estimate of drug-likeness (QED) is 0.690. The summed E-state index contributed by atoms with van der Waals surface area (Å²) in [6.07, 6.45) is 4.07. The highest BCUT2D eigenvalue weighted by Gasteiger charge is 2.32. The zero-order chi connectivity index (χ0) is 19.5. The Morgan fingerprint density at radius 2 is 2.04 bits per heavy atom. The van der Waals surface area contributed by atoms with Gasteiger partial charge in [0.2, 0.25) is 5.91 Å². The van der Waals surface area contributed by atoms with Crippen LogP contribution in [0.15, 0.2) is 60.9 Å². The summed E-state index contributed by atoms with van der Waals surface area (Å²) < 4.78 is 7.45. The van der Waals surface area contributed by atoms with Crippen molar-refractivity contribution in [1.29, 1.82) is 0 Å². The van der Waals surface area contributed by atoms with Gasteiger partial charge in [0.1, 0.15) is 18.2 Å². The van der Waals surface area contributed by atoms with E-state index in [0.717, 1.165) is 17.1 Å². The third-order valence-corrected chi connectivity index (χ3v) is 4.99. The highest BCUT2D eigenvalue weighted by molar-refractivity contribution is 6.30. The summed E-state index contributed by atoms with van der Waals surface area (Å²) in [7, 11) is 0. The average molecular weight is 398 g/mol. The van der Waals surface area contributed by atoms with Crippen molar-refractivity contribution in [3.63, 3.8) is 0 Å². The number of amides is 1. The number of anilines is 1. The second kappa shape index (κ2) is 8.04. The summed E-state index contributed by atoms with van der Waals surface area (Å²) in [4.78, 5) is 18.9. The fraction of sp³-hybridized carbons (Fsp3) is 0.238. The number of hydrogen-bond acceptors (Lipinski definition) is 4. The van der Waals surface area contributed by atoms with E-state index in [-0.39, 0.29) is 25.2 Å². The van der Waals surface area contributed by atoms with Crippen molar-refractivity contribution in [2.45, 2.75) is 12.5 Å². The lowest BCUT2D eigenvalue weighted by molar-refractivity contribution is -0.117. The molecule has 28 heavy (non-hydrogen) atoms. The summed E-state index contributed by atoms with van der Waals surface area (Å²) in [5.74, 6) is 1.57. The van der Waals surface area contributed by atoms with Crippen molar-refractivity contribution in [3.8, 4) is 17.1 Å². The summed E-state index contributed by atoms with van der Waals surface area (Å²) in [5.41, 5.74) is 1.75. The Morgan fingerprint density at radius 1 is 1.21 bits per heavy atom. The highest BCUT2D eigenvalue weighted by Crippen LogP contribution is 2.32. The van der Waals surface area contributed by atoms with Crippen LogP contribution < -0.4 is 9.64 Å². The molecule has 0 saturated carbocycles. The van der Waals surface area contributed by atoms with Crippen LogP contribution in [0.25, 0.3) is 11.4 Å². The summed E-state index contributed by atoms with van der Waals surface area (Å²) in [6.45, 7) is 0.808. The fourth-order valence-electron chi connectivity index (χ4n) is 3.46. The molecule has 1 N–H and O–H groups in total. The molecule has 0 spiro atoms. The maximum atomic E-state index is 12.6. The summed E-state index contributed by atoms with van der Waals surface area (Å²) in [6, 6.07) is 14.9. The molecule has 1 unspecified atom stereocenters. The maximum absolute atomic E-state index is 12.6. The SMILES string of the molecule is O=C1CC(n2ccnc2-c2ccc(OCCO)cc2)CN1c1cccc(Cl)c1. The molecule has 0 aliphatic carbocycles. The molecular formula is C21H20ClN3O3. The Balaban J connectivity index is 1.55. The predicted octanol–water partition coefficient (Wildman–Crippen LogP) is 3.55. The first-order valence-electron chi connectivity index (χ1n) is 9.08. The lowest BCUT2D eigenvalue weighted by atomic mass is 10.2. The van der Waals surface area contributed by atoms with E-state index >= 15 is 0 Å². The van der Waals surface area contributed by atoms with Crippen molar-refractivity contribution >= 4 is 23.2 Å². The Morgan fingerprint density at radius 3 is 2.79 bits per heavy atom. The number of carbonyl (C=O) groups excluding carboxylic acids is 1. The van der Waals surface area contributed by atoms with Crippen molar-refractivity contribution in [1.82, 2.24) is 9.55 Å². The average Bonchev–Trinajstić information content (AvgIpc) is 3.33. The van der Waals surface area contributed by atoms with E-state index in [2.05, 4.69) is 4.98 Å². The largest absolute Gasteiger partial charge is 0.491 e. The molecule has 6 nitrogen and oxygen atoms in total. The highest BCUT2D eigenvalue weighted by atomic mass is 35.5. The van der Waals surface area contributed by atoms with E-state index in [1.807, 2.05) is 53.2 Å². The van der Waals surface area contributed by atoms with Gasteiger partial charge in [-0.15, -0.1) is 0 Å². The predicted molar refractivity (Wildman–Crippen MR) is 108 cm³/mol. The van der Waals surface area contributed by atoms with Gasteiger partial charge in [0.05, 0.1) is 12.6 Å². The van der Waals surface area contributed by atoms with Crippen molar-refractivity contribution < 1.29 is 14.6 Å². The summed E-state index contributed by atoms with van der Waals surface area (Å²) in [5, 5.41) is 9.46. The number of imidazole rings is 1. The Kier molecular flexibility index (Phi) is 5.32. The minimum Gasteiger partial charge on any atom is -0.491 e. The van der Waals surface area contributed by atoms with Crippen LogP contribution in [-0.2, 0) is 4.79 Å². The standard InChI is InChI=1S/C21H20ClN3O3/c22-16-2-1-3-17(12-16)25-14-18(13-20(25)27)24-9-8-23-21(24)15-4-6-19(7-5-15)28-11-10-26/h1-9,12,18,26H,10-11,13-14H2. The van der Waals surface area contributed by atoms with E-state index in [4.69, 9.17) is 21.4 Å². The first-order chi connectivity index (χ1) is 13.7. The number of carbonyl (C=O) groups is 1. The van der Waals surface area contributed by atoms with Crippen LogP contribution in [-0.4, -0.2) is 40.3 Å². The van der Waals surface area contributed by atoms with Crippen molar-refractivity contribution in [2.24, 2.45) is 0 Å². The molecule has 1 fully saturated rings. The van der Waals surface area contributed by atoms with E-state index in [9.17, 15) is 4.79 Å². The minimum atomic E-state index is -0.0228. The smallest absolute Gasteiger partial charge is 0.229 e. The monoisotopic (exact) mass is 397 g/mol. The first-order valence-corrected chi connectivity index (χ1v) is 9.46. The van der Waals surface area contributed by atoms with Gasteiger partial charge in [0.25, 0.3) is 0 Å². The van der Waals surface area contributed by atoms with Crippen LogP contribution in [0.5, 0.6) is 5.75 Å². The van der Waals surface area contributed by atoms with Gasteiger partial charge in [0, 0.05) is 41.6 Å². The van der Waals surface area contributed by atoms with Gasteiger partial charge in [-0.05, 0) is 42.5 Å². The van der Waals surface area contributed by atoms with Gasteiger partial charge >= 0.3 is 0 Å². The number of hydrogen-bond donors (Lipinski definition) is 1. The lowest BCUT2D eigenvalue weighted by Crippen LogP contribution is -2.24. The lowest BCUT2D eigenvalue weighted by Gasteiger charge is -2.18. The van der Waals surface area contributed by atoms with Crippen molar-refractivity contribution in [2.75, 3.05) is 24.7 Å². The van der Waals surface area contributed by atoms with Crippen LogP contribution >= 0.6 is 11.6 Å². The third kappa shape index (κ3) is 3.74. The minimum absolute atomic E-state index is 0.00528. The fourth-order valence-corrected chi connectivity index (χ4v) is 3.65. The second-order valence-corrected chi connectivity index (χ2v) is 7.03. The molecule has 7 heteroatoms. The molecule has 3 aromatic rings. The number of halogens is 1. The molecule has 0 bridgehead atoms. The van der Waals surface area contributed by atoms with Crippen LogP contribution in [0.2, 0.25) is 5.02 Å². The molecule has 0 radical (unpaired) electrons. The van der Waals surface area contributed by atoms with Gasteiger partial charge in [-0.2, -0.15) is 0 Å². The van der Waals surface area contributed by atoms with E-state index in [1.165, 1.54) is 0 Å². The van der Waals surface area contributed by atoms with Crippen LogP contribution in [0, 0.1) is 0 Å². The maximum Gasteiger partial charge on any atom is 0.229 e. The molecule has 1 aromatic heterocycles. The zero-order valence-corrected chi connectivity index (χ0v) is 15.9. The van der Waals surface area contributed by atoms with Crippen LogP contribution in [0.3, 0.4) is 0 Å². The Bertz CT molecular complexity index is 971. The Labute approximate surface area is 168 Å². The Hall–Kier alpha value is -2.83. The number of benzene rings is 2. The van der Waals surface area contributed by atoms with Gasteiger partial charge in [-0.25, -0.2) is 4.98 Å². The van der Waals surface area contributed by atoms with Gasteiger partial charge in [-0.1, -0.05) is 17.7 Å². The molecule has 1 saturated heterocycles. The van der Waals surface area contributed by atoms with E-state index in [1.54, 1.807) is 17.2 Å². The number of nitrogens with zero attached hydrogens (tertiary/aromatic N) is 3. The molecule has 1 atom stereocenters. The van der Waals surface area contributed by atoms with Crippen molar-refractivity contribution in [3.05, 3.63) is 65.9 Å². The number of ether oxygens (including phenoxy) is 1. The van der Waals surface area contributed by atoms with E-state index < -0.39 is 0 Å². The molecule has 1 aliphatic heterocycles. The van der Waals surface area contributed by atoms with Gasteiger partial charge in [-0.3, -0.25) is 4.79 Å². The molecule has 1 amide bonds. The number of aliphatic hydroxyl groups is 1. The van der Waals surface area contributed by atoms with Gasteiger partial charge in [0.15, 0.2) is 0 Å². The zero-order valence-electron chi connectivity index (χ0n) is 15.2. The molecule has 4 rings (SSSR count). The molecule has 2 heterocycles. The summed E-state index contributed by atoms with van der Waals surface area (Å²) >= 11 is 6.08. The molecule has 1 aliphatic rings. The topological polar surface area (TPSA) is 67.6 Å². The normalized spacial score (nSPS) is 16.6. The van der Waals surface area contributed by atoms with Crippen LogP contribution in [0.4, 0.5) is 5.69 Å². The number of rotatable bonds is 6. The van der Waals surface area contributed by atoms with Gasteiger partial charge < -0.3 is 19.3 Å².